The summed E-state index contributed by atoms with van der Waals surface area (Å²) < 4.78 is 21.6. The average molecular weight is 683 g/mol. The second kappa shape index (κ2) is 15.1. The Labute approximate surface area is 285 Å². The van der Waals surface area contributed by atoms with Gasteiger partial charge in [-0.25, -0.2) is 0 Å². The van der Waals surface area contributed by atoms with Crippen molar-refractivity contribution >= 4 is 35.3 Å². The van der Waals surface area contributed by atoms with Crippen molar-refractivity contribution < 1.29 is 18.4 Å². The highest BCUT2D eigenvalue weighted by molar-refractivity contribution is 6.99. The quantitative estimate of drug-likeness (QED) is 0.130. The molecule has 1 aliphatic carbocycles. The molecule has 0 bridgehead atoms. The monoisotopic (exact) mass is 682 g/mol. The Hall–Kier alpha value is -1.33. The van der Waals surface area contributed by atoms with E-state index in [1.165, 1.54) is 10.4 Å². The molecular formula is C39H66O4Si3. The van der Waals surface area contributed by atoms with E-state index in [1.807, 2.05) is 0 Å². The van der Waals surface area contributed by atoms with Crippen LogP contribution in [0.5, 0.6) is 0 Å². The minimum Gasteiger partial charge on any atom is -0.413 e. The van der Waals surface area contributed by atoms with Gasteiger partial charge in [0.25, 0.3) is 8.32 Å². The van der Waals surface area contributed by atoms with Crippen molar-refractivity contribution in [2.45, 2.75) is 142 Å². The topological polar surface area (TPSA) is 47.9 Å². The van der Waals surface area contributed by atoms with Gasteiger partial charge in [-0.05, 0) is 76.5 Å². The summed E-state index contributed by atoms with van der Waals surface area (Å²) in [4.78, 5) is 0. The SMILES string of the molecule is CC(C)(C)[Si](C)(C)O[C@@H]1C(CO)=CC[C@@H](O[Si](C)(C)C(C)(C)C)[C@@H]1CCCCO[Si](c1ccccc1)(c1ccccc1)C(C)(C)C. The van der Waals surface area contributed by atoms with Crippen LogP contribution in [0.2, 0.25) is 41.3 Å². The van der Waals surface area contributed by atoms with Crippen molar-refractivity contribution in [1.29, 1.82) is 0 Å². The number of aliphatic hydroxyl groups is 1. The summed E-state index contributed by atoms with van der Waals surface area (Å²) in [6.07, 6.45) is 6.01. The second-order valence-electron chi connectivity index (χ2n) is 17.6. The Kier molecular flexibility index (Phi) is 12.8. The van der Waals surface area contributed by atoms with E-state index < -0.39 is 25.0 Å². The van der Waals surface area contributed by atoms with Crippen molar-refractivity contribution in [2.24, 2.45) is 5.92 Å². The van der Waals surface area contributed by atoms with Gasteiger partial charge < -0.3 is 18.4 Å². The van der Waals surface area contributed by atoms with Gasteiger partial charge in [-0.2, -0.15) is 0 Å². The molecular weight excluding hydrogens is 617 g/mol. The van der Waals surface area contributed by atoms with Crippen molar-refractivity contribution in [3.05, 3.63) is 72.3 Å². The zero-order valence-electron chi connectivity index (χ0n) is 31.5. The molecule has 0 saturated carbocycles. The fourth-order valence-corrected chi connectivity index (χ4v) is 13.6. The first-order chi connectivity index (χ1) is 21.2. The number of unbranched alkanes of at least 4 members (excludes halogenated alkanes) is 1. The van der Waals surface area contributed by atoms with E-state index in [-0.39, 0.29) is 39.8 Å². The van der Waals surface area contributed by atoms with Crippen molar-refractivity contribution in [3.63, 3.8) is 0 Å². The van der Waals surface area contributed by atoms with Crippen LogP contribution in [0.3, 0.4) is 0 Å². The number of hydrogen-bond acceptors (Lipinski definition) is 4. The third-order valence-electron chi connectivity index (χ3n) is 11.2. The van der Waals surface area contributed by atoms with Crippen LogP contribution in [0.1, 0.15) is 88.0 Å². The smallest absolute Gasteiger partial charge is 0.261 e. The molecule has 7 heteroatoms. The summed E-state index contributed by atoms with van der Waals surface area (Å²) in [6, 6.07) is 21.8. The highest BCUT2D eigenvalue weighted by atomic mass is 28.4. The van der Waals surface area contributed by atoms with E-state index >= 15 is 0 Å². The van der Waals surface area contributed by atoms with Crippen LogP contribution in [0.25, 0.3) is 0 Å². The molecule has 0 fully saturated rings. The summed E-state index contributed by atoms with van der Waals surface area (Å²) in [6.45, 7) is 31.0. The van der Waals surface area contributed by atoms with Crippen LogP contribution >= 0.6 is 0 Å². The molecule has 0 unspecified atom stereocenters. The normalized spacial score (nSPS) is 20.5. The largest absolute Gasteiger partial charge is 0.413 e. The van der Waals surface area contributed by atoms with Crippen LogP contribution in [0.4, 0.5) is 0 Å². The number of rotatable bonds is 13. The third-order valence-corrected chi connectivity index (χ3v) is 25.2. The Morgan fingerprint density at radius 2 is 1.15 bits per heavy atom. The van der Waals surface area contributed by atoms with Gasteiger partial charge in [-0.3, -0.25) is 0 Å². The number of benzene rings is 2. The molecule has 0 aliphatic heterocycles. The molecule has 46 heavy (non-hydrogen) atoms. The molecule has 4 nitrogen and oxygen atoms in total. The lowest BCUT2D eigenvalue weighted by molar-refractivity contribution is 0.0232. The zero-order valence-corrected chi connectivity index (χ0v) is 34.5. The van der Waals surface area contributed by atoms with E-state index in [0.29, 0.717) is 6.61 Å². The lowest BCUT2D eigenvalue weighted by Gasteiger charge is -2.48. The van der Waals surface area contributed by atoms with E-state index in [9.17, 15) is 5.11 Å². The van der Waals surface area contributed by atoms with Crippen LogP contribution in [-0.4, -0.2) is 55.5 Å². The molecule has 3 atom stereocenters. The number of aliphatic hydroxyl groups excluding tert-OH is 1. The average Bonchev–Trinajstić information content (AvgIpc) is 2.95. The van der Waals surface area contributed by atoms with Crippen LogP contribution in [0.15, 0.2) is 72.3 Å². The van der Waals surface area contributed by atoms with Crippen LogP contribution in [-0.2, 0) is 13.3 Å². The van der Waals surface area contributed by atoms with Gasteiger partial charge in [0.1, 0.15) is 0 Å². The molecule has 1 aliphatic rings. The van der Waals surface area contributed by atoms with Crippen molar-refractivity contribution in [3.8, 4) is 0 Å². The van der Waals surface area contributed by atoms with E-state index in [0.717, 1.165) is 31.3 Å². The Morgan fingerprint density at radius 3 is 1.59 bits per heavy atom. The Bertz CT molecular complexity index is 1210. The molecule has 2 aromatic rings. The first kappa shape index (κ1) is 39.1. The summed E-state index contributed by atoms with van der Waals surface area (Å²) >= 11 is 0. The minimum absolute atomic E-state index is 0.0376. The maximum absolute atomic E-state index is 10.5. The van der Waals surface area contributed by atoms with Gasteiger partial charge in [-0.15, -0.1) is 0 Å². The lowest BCUT2D eigenvalue weighted by Crippen LogP contribution is -2.66. The molecule has 0 aromatic heterocycles. The third kappa shape index (κ3) is 8.82. The van der Waals surface area contributed by atoms with Gasteiger partial charge in [0, 0.05) is 12.5 Å². The van der Waals surface area contributed by atoms with Gasteiger partial charge >= 0.3 is 0 Å². The highest BCUT2D eigenvalue weighted by Crippen LogP contribution is 2.45. The maximum atomic E-state index is 10.5. The van der Waals surface area contributed by atoms with E-state index in [1.54, 1.807) is 0 Å². The Balaban J connectivity index is 1.89. The van der Waals surface area contributed by atoms with Crippen LogP contribution in [0, 0.1) is 5.92 Å². The van der Waals surface area contributed by atoms with Gasteiger partial charge in [-0.1, -0.05) is 135 Å². The van der Waals surface area contributed by atoms with Crippen LogP contribution < -0.4 is 10.4 Å². The first-order valence-electron chi connectivity index (χ1n) is 17.6. The molecule has 0 amide bonds. The molecule has 258 valence electrons. The van der Waals surface area contributed by atoms with Gasteiger partial charge in [0.05, 0.1) is 18.8 Å². The zero-order chi connectivity index (χ0) is 34.6. The van der Waals surface area contributed by atoms with Gasteiger partial charge in [0.15, 0.2) is 16.6 Å². The molecule has 0 heterocycles. The predicted molar refractivity (Wildman–Crippen MR) is 205 cm³/mol. The summed E-state index contributed by atoms with van der Waals surface area (Å²) in [5, 5.41) is 13.3. The maximum Gasteiger partial charge on any atom is 0.261 e. The highest BCUT2D eigenvalue weighted by Gasteiger charge is 2.50. The number of hydrogen-bond donors (Lipinski definition) is 1. The van der Waals surface area contributed by atoms with Gasteiger partial charge in [0.2, 0.25) is 0 Å². The van der Waals surface area contributed by atoms with Crippen molar-refractivity contribution in [1.82, 2.24) is 0 Å². The van der Waals surface area contributed by atoms with E-state index in [4.69, 9.17) is 13.3 Å². The fourth-order valence-electron chi connectivity index (χ4n) is 6.34. The fraction of sp³-hybridized carbons (Fsp3) is 0.641. The molecule has 3 rings (SSSR count). The summed E-state index contributed by atoms with van der Waals surface area (Å²) in [5.74, 6) is 0.197. The second-order valence-corrected chi connectivity index (χ2v) is 31.4. The molecule has 0 spiro atoms. The lowest BCUT2D eigenvalue weighted by atomic mass is 9.81. The first-order valence-corrected chi connectivity index (χ1v) is 25.3. The predicted octanol–water partition coefficient (Wildman–Crippen LogP) is 9.45. The molecule has 0 radical (unpaired) electrons. The Morgan fingerprint density at radius 1 is 0.674 bits per heavy atom. The molecule has 2 aromatic carbocycles. The molecule has 1 N–H and O–H groups in total. The van der Waals surface area contributed by atoms with E-state index in [2.05, 4.69) is 155 Å². The molecule has 0 saturated heterocycles. The summed E-state index contributed by atoms with van der Waals surface area (Å²) in [7, 11) is -6.70. The minimum atomic E-state index is -2.57. The summed E-state index contributed by atoms with van der Waals surface area (Å²) in [5.41, 5.74) is 1.04. The van der Waals surface area contributed by atoms with Crippen molar-refractivity contribution in [2.75, 3.05) is 13.2 Å². The standard InChI is InChI=1S/C39H66O4Si3/c1-37(2,3)44(10,11)42-35-28-27-31(30-40)36(43-45(12,13)38(4,5)6)34(35)26-20-21-29-41-46(39(7,8)9,32-22-16-14-17-23-32)33-24-18-15-19-25-33/h14-19,22-25,27,34-36,40H,20-21,26,28-30H2,1-13H3/t34-,35+,36+/m0/s1.